The summed E-state index contributed by atoms with van der Waals surface area (Å²) in [6.45, 7) is 5.30. The number of nitrogens with two attached hydrogens (primary N) is 1. The van der Waals surface area contributed by atoms with Crippen LogP contribution in [0.3, 0.4) is 0 Å². The number of halogens is 1. The van der Waals surface area contributed by atoms with Crippen molar-refractivity contribution in [2.24, 2.45) is 11.1 Å². The molecule has 0 radical (unpaired) electrons. The highest BCUT2D eigenvalue weighted by atomic mass is 35.5. The minimum absolute atomic E-state index is 0. The Hall–Kier alpha value is -1.44. The number of carbonyl (C=O) groups is 2. The summed E-state index contributed by atoms with van der Waals surface area (Å²) in [4.78, 5) is 27.2. The van der Waals surface area contributed by atoms with E-state index in [0.29, 0.717) is 25.3 Å². The Kier molecular flexibility index (Phi) is 10.1. The molecule has 3 N–H and O–H groups in total. The molecule has 1 aliphatic heterocycles. The highest BCUT2D eigenvalue weighted by Gasteiger charge is 2.37. The van der Waals surface area contributed by atoms with Crippen molar-refractivity contribution in [1.82, 2.24) is 10.2 Å². The summed E-state index contributed by atoms with van der Waals surface area (Å²) in [7, 11) is 0. The summed E-state index contributed by atoms with van der Waals surface area (Å²) in [5.41, 5.74) is 6.05. The molecule has 1 aliphatic rings. The number of ether oxygens (including phenoxy) is 1. The fourth-order valence-electron chi connectivity index (χ4n) is 3.18. The second kappa shape index (κ2) is 11.5. The Bertz CT molecular complexity index is 630. The van der Waals surface area contributed by atoms with Crippen LogP contribution in [0, 0.1) is 5.41 Å². The Morgan fingerprint density at radius 2 is 2.04 bits per heavy atom. The van der Waals surface area contributed by atoms with E-state index in [0.717, 1.165) is 12.2 Å². The van der Waals surface area contributed by atoms with Crippen LogP contribution in [-0.2, 0) is 9.59 Å². The van der Waals surface area contributed by atoms with Gasteiger partial charge in [0.1, 0.15) is 11.8 Å². The number of piperidine rings is 1. The number of carbonyl (C=O) groups excluding carboxylic acids is 2. The second-order valence-electron chi connectivity index (χ2n) is 7.65. The van der Waals surface area contributed by atoms with Gasteiger partial charge in [0.05, 0.1) is 0 Å². The van der Waals surface area contributed by atoms with Crippen molar-refractivity contribution in [3.63, 3.8) is 0 Å². The molecule has 2 unspecified atom stereocenters. The Morgan fingerprint density at radius 3 is 2.64 bits per heavy atom. The predicted octanol–water partition coefficient (Wildman–Crippen LogP) is 2.31. The van der Waals surface area contributed by atoms with Gasteiger partial charge in [-0.3, -0.25) is 9.59 Å². The van der Waals surface area contributed by atoms with Crippen LogP contribution in [-0.4, -0.2) is 60.5 Å². The SMILES string of the molecule is CSCCC(NC(=O)COc1ccccc1)C(=O)N1CCC(N)C(C)(C)C1.Cl. The summed E-state index contributed by atoms with van der Waals surface area (Å²) in [6.07, 6.45) is 3.37. The molecule has 1 aromatic rings. The van der Waals surface area contributed by atoms with Gasteiger partial charge in [0, 0.05) is 19.1 Å². The molecule has 8 heteroatoms. The number of benzene rings is 1. The van der Waals surface area contributed by atoms with Gasteiger partial charge in [-0.1, -0.05) is 32.0 Å². The van der Waals surface area contributed by atoms with Crippen LogP contribution in [0.15, 0.2) is 30.3 Å². The summed E-state index contributed by atoms with van der Waals surface area (Å²) in [5, 5.41) is 2.86. The first-order chi connectivity index (χ1) is 12.8. The maximum atomic E-state index is 13.0. The first-order valence-electron chi connectivity index (χ1n) is 9.34. The average molecular weight is 430 g/mol. The molecule has 28 heavy (non-hydrogen) atoms. The Labute approximate surface area is 178 Å². The quantitative estimate of drug-likeness (QED) is 0.662. The van der Waals surface area contributed by atoms with Gasteiger partial charge < -0.3 is 20.7 Å². The molecule has 0 spiro atoms. The number of para-hydroxylation sites is 1. The van der Waals surface area contributed by atoms with Gasteiger partial charge in [-0.05, 0) is 42.4 Å². The first kappa shape index (κ1) is 24.6. The summed E-state index contributed by atoms with van der Waals surface area (Å²) in [6, 6.07) is 8.72. The van der Waals surface area contributed by atoms with Gasteiger partial charge in [0.15, 0.2) is 6.61 Å². The van der Waals surface area contributed by atoms with E-state index < -0.39 is 6.04 Å². The summed E-state index contributed by atoms with van der Waals surface area (Å²) < 4.78 is 5.49. The van der Waals surface area contributed by atoms with E-state index in [9.17, 15) is 9.59 Å². The highest BCUT2D eigenvalue weighted by Crippen LogP contribution is 2.28. The van der Waals surface area contributed by atoms with E-state index in [1.807, 2.05) is 29.4 Å². The Balaban J connectivity index is 0.00000392. The molecule has 158 valence electrons. The fourth-order valence-corrected chi connectivity index (χ4v) is 3.65. The van der Waals surface area contributed by atoms with Gasteiger partial charge in [-0.25, -0.2) is 0 Å². The van der Waals surface area contributed by atoms with Crippen molar-refractivity contribution < 1.29 is 14.3 Å². The van der Waals surface area contributed by atoms with Crippen LogP contribution < -0.4 is 15.8 Å². The molecule has 1 saturated heterocycles. The molecule has 1 fully saturated rings. The zero-order valence-corrected chi connectivity index (χ0v) is 18.5. The number of likely N-dealkylation sites (tertiary alicyclic amines) is 1. The van der Waals surface area contributed by atoms with Gasteiger partial charge >= 0.3 is 0 Å². The number of nitrogens with one attached hydrogen (secondary N) is 1. The molecule has 0 aliphatic carbocycles. The van der Waals surface area contributed by atoms with E-state index in [1.54, 1.807) is 23.9 Å². The lowest BCUT2D eigenvalue weighted by molar-refractivity contribution is -0.139. The van der Waals surface area contributed by atoms with Crippen molar-refractivity contribution in [1.29, 1.82) is 0 Å². The monoisotopic (exact) mass is 429 g/mol. The molecule has 0 saturated carbocycles. The third kappa shape index (κ3) is 7.18. The normalized spacial score (nSPS) is 19.3. The third-order valence-corrected chi connectivity index (χ3v) is 5.62. The molecule has 2 atom stereocenters. The number of nitrogens with zero attached hydrogens (tertiary/aromatic N) is 1. The van der Waals surface area contributed by atoms with Crippen LogP contribution in [0.25, 0.3) is 0 Å². The molecular formula is C20H32ClN3O3S. The zero-order valence-electron chi connectivity index (χ0n) is 16.8. The average Bonchev–Trinajstić information content (AvgIpc) is 2.65. The second-order valence-corrected chi connectivity index (χ2v) is 8.63. The number of amides is 2. The summed E-state index contributed by atoms with van der Waals surface area (Å²) in [5.74, 6) is 1.11. The molecule has 2 rings (SSSR count). The molecule has 0 bridgehead atoms. The number of rotatable bonds is 8. The molecule has 1 aromatic carbocycles. The molecule has 2 amide bonds. The van der Waals surface area contributed by atoms with E-state index in [-0.39, 0.29) is 42.3 Å². The minimum Gasteiger partial charge on any atom is -0.484 e. The van der Waals surface area contributed by atoms with Gasteiger partial charge in [-0.15, -0.1) is 12.4 Å². The maximum Gasteiger partial charge on any atom is 0.258 e. The largest absolute Gasteiger partial charge is 0.484 e. The van der Waals surface area contributed by atoms with Crippen molar-refractivity contribution in [2.75, 3.05) is 31.7 Å². The van der Waals surface area contributed by atoms with Crippen molar-refractivity contribution in [3.05, 3.63) is 30.3 Å². The zero-order chi connectivity index (χ0) is 19.9. The molecule has 6 nitrogen and oxygen atoms in total. The first-order valence-corrected chi connectivity index (χ1v) is 10.7. The van der Waals surface area contributed by atoms with E-state index >= 15 is 0 Å². The van der Waals surface area contributed by atoms with Crippen LogP contribution in [0.1, 0.15) is 26.7 Å². The molecular weight excluding hydrogens is 398 g/mol. The van der Waals surface area contributed by atoms with Crippen LogP contribution >= 0.6 is 24.2 Å². The van der Waals surface area contributed by atoms with Crippen LogP contribution in [0.2, 0.25) is 0 Å². The highest BCUT2D eigenvalue weighted by molar-refractivity contribution is 7.98. The summed E-state index contributed by atoms with van der Waals surface area (Å²) >= 11 is 1.66. The number of thioether (sulfide) groups is 1. The smallest absolute Gasteiger partial charge is 0.258 e. The van der Waals surface area contributed by atoms with Gasteiger partial charge in [-0.2, -0.15) is 11.8 Å². The predicted molar refractivity (Wildman–Crippen MR) is 117 cm³/mol. The number of hydrogen-bond donors (Lipinski definition) is 2. The van der Waals surface area contributed by atoms with Crippen LogP contribution in [0.5, 0.6) is 5.75 Å². The number of hydrogen-bond acceptors (Lipinski definition) is 5. The molecule has 0 aromatic heterocycles. The third-order valence-electron chi connectivity index (χ3n) is 4.98. The van der Waals surface area contributed by atoms with Crippen molar-refractivity contribution in [2.45, 2.75) is 38.8 Å². The lowest BCUT2D eigenvalue weighted by Crippen LogP contribution is -2.58. The van der Waals surface area contributed by atoms with Crippen LogP contribution in [0.4, 0.5) is 0 Å². The van der Waals surface area contributed by atoms with Crippen molar-refractivity contribution in [3.8, 4) is 5.75 Å². The van der Waals surface area contributed by atoms with E-state index in [2.05, 4.69) is 19.2 Å². The molecule has 1 heterocycles. The standard InChI is InChI=1S/C20H31N3O3S.ClH/c1-20(2)14-23(11-9-17(20)21)19(25)16(10-12-27-3)22-18(24)13-26-15-7-5-4-6-8-15;/h4-8,16-17H,9-14,21H2,1-3H3,(H,22,24);1H. The van der Waals surface area contributed by atoms with E-state index in [4.69, 9.17) is 10.5 Å². The lowest BCUT2D eigenvalue weighted by Gasteiger charge is -2.43. The lowest BCUT2D eigenvalue weighted by atomic mass is 9.79. The minimum atomic E-state index is -0.533. The topological polar surface area (TPSA) is 84.7 Å². The van der Waals surface area contributed by atoms with Gasteiger partial charge in [0.2, 0.25) is 5.91 Å². The Morgan fingerprint density at radius 1 is 1.36 bits per heavy atom. The van der Waals surface area contributed by atoms with E-state index in [1.165, 1.54) is 0 Å². The van der Waals surface area contributed by atoms with Crippen molar-refractivity contribution >= 4 is 36.0 Å². The maximum absolute atomic E-state index is 13.0. The van der Waals surface area contributed by atoms with Gasteiger partial charge in [0.25, 0.3) is 5.91 Å². The fraction of sp³-hybridized carbons (Fsp3) is 0.600.